The maximum Gasteiger partial charge on any atom is 0.270 e. The van der Waals surface area contributed by atoms with Crippen molar-refractivity contribution in [1.82, 2.24) is 9.88 Å². The Labute approximate surface area is 113 Å². The van der Waals surface area contributed by atoms with Crippen molar-refractivity contribution in [3.05, 3.63) is 36.0 Å². The number of hydrogen-bond donors (Lipinski definition) is 1. The molecule has 3 heteroatoms. The van der Waals surface area contributed by atoms with Crippen molar-refractivity contribution >= 4 is 16.8 Å². The zero-order valence-corrected chi connectivity index (χ0v) is 11.4. The van der Waals surface area contributed by atoms with E-state index in [0.717, 1.165) is 48.4 Å². The Morgan fingerprint density at radius 3 is 2.95 bits per heavy atom. The molecule has 0 bridgehead atoms. The maximum atomic E-state index is 12.5. The largest absolute Gasteiger partial charge is 0.351 e. The van der Waals surface area contributed by atoms with Gasteiger partial charge in [0.15, 0.2) is 0 Å². The van der Waals surface area contributed by atoms with E-state index in [1.165, 1.54) is 6.42 Å². The Balaban J connectivity index is 1.82. The van der Waals surface area contributed by atoms with Gasteiger partial charge in [-0.15, -0.1) is 0 Å². The van der Waals surface area contributed by atoms with Crippen LogP contribution in [0.4, 0.5) is 0 Å². The molecular formula is C16H20N2O. The van der Waals surface area contributed by atoms with Crippen LogP contribution in [0.2, 0.25) is 0 Å². The molecule has 2 heterocycles. The highest BCUT2D eigenvalue weighted by atomic mass is 16.2. The molecule has 1 N–H and O–H groups in total. The predicted octanol–water partition coefficient (Wildman–Crippen LogP) is 3.43. The van der Waals surface area contributed by atoms with Crippen LogP contribution in [0, 0.1) is 5.92 Å². The lowest BCUT2D eigenvalue weighted by molar-refractivity contribution is 0.0755. The summed E-state index contributed by atoms with van der Waals surface area (Å²) in [6, 6.07) is 9.99. The van der Waals surface area contributed by atoms with Crippen LogP contribution in [0.3, 0.4) is 0 Å². The molecule has 1 aromatic carbocycles. The number of aromatic amines is 1. The topological polar surface area (TPSA) is 36.1 Å². The van der Waals surface area contributed by atoms with Crippen molar-refractivity contribution in [2.45, 2.75) is 26.2 Å². The number of para-hydroxylation sites is 1. The highest BCUT2D eigenvalue weighted by molar-refractivity contribution is 5.98. The summed E-state index contributed by atoms with van der Waals surface area (Å²) in [7, 11) is 0. The molecule has 0 radical (unpaired) electrons. The molecule has 100 valence electrons. The standard InChI is InChI=1S/C16H20N2O/c1-12-5-4-9-18(10-8-12)16(19)15-11-13-6-2-3-7-14(13)17-15/h2-3,6-7,11-12,17H,4-5,8-10H2,1H3. The van der Waals surface area contributed by atoms with Crippen LogP contribution in [0.1, 0.15) is 36.7 Å². The van der Waals surface area contributed by atoms with E-state index in [-0.39, 0.29) is 5.91 Å². The predicted molar refractivity (Wildman–Crippen MR) is 77.2 cm³/mol. The third-order valence-corrected chi connectivity index (χ3v) is 4.06. The number of benzene rings is 1. The minimum atomic E-state index is 0.144. The monoisotopic (exact) mass is 256 g/mol. The summed E-state index contributed by atoms with van der Waals surface area (Å²) < 4.78 is 0. The Kier molecular flexibility index (Phi) is 3.28. The summed E-state index contributed by atoms with van der Waals surface area (Å²) in [6.07, 6.45) is 3.47. The first-order valence-corrected chi connectivity index (χ1v) is 7.11. The lowest BCUT2D eigenvalue weighted by Crippen LogP contribution is -2.32. The second kappa shape index (κ2) is 5.08. The van der Waals surface area contributed by atoms with Crippen molar-refractivity contribution in [3.63, 3.8) is 0 Å². The van der Waals surface area contributed by atoms with E-state index in [9.17, 15) is 4.79 Å². The molecule has 0 spiro atoms. The summed E-state index contributed by atoms with van der Waals surface area (Å²) in [5.41, 5.74) is 1.75. The average Bonchev–Trinajstić information content (AvgIpc) is 2.74. The van der Waals surface area contributed by atoms with E-state index in [1.807, 2.05) is 35.2 Å². The second-order valence-electron chi connectivity index (χ2n) is 5.60. The molecule has 1 fully saturated rings. The van der Waals surface area contributed by atoms with Gasteiger partial charge in [-0.05, 0) is 37.3 Å². The normalized spacial score (nSPS) is 20.5. The number of fused-ring (bicyclic) bond motifs is 1. The molecule has 1 saturated heterocycles. The van der Waals surface area contributed by atoms with Gasteiger partial charge in [0.2, 0.25) is 0 Å². The van der Waals surface area contributed by atoms with E-state index < -0.39 is 0 Å². The molecule has 0 saturated carbocycles. The van der Waals surface area contributed by atoms with Gasteiger partial charge in [-0.25, -0.2) is 0 Å². The number of H-pyrrole nitrogens is 1. The lowest BCUT2D eigenvalue weighted by Gasteiger charge is -2.19. The Bertz CT molecular complexity index is 554. The first-order valence-electron chi connectivity index (χ1n) is 7.11. The van der Waals surface area contributed by atoms with Crippen LogP contribution >= 0.6 is 0 Å². The molecule has 3 nitrogen and oxygen atoms in total. The van der Waals surface area contributed by atoms with Gasteiger partial charge in [-0.2, -0.15) is 0 Å². The Morgan fingerprint density at radius 1 is 1.26 bits per heavy atom. The smallest absolute Gasteiger partial charge is 0.270 e. The number of carbonyl (C=O) groups is 1. The van der Waals surface area contributed by atoms with Crippen LogP contribution in [-0.4, -0.2) is 28.9 Å². The number of aromatic nitrogens is 1. The average molecular weight is 256 g/mol. The number of amides is 1. The number of carbonyl (C=O) groups excluding carboxylic acids is 1. The fraction of sp³-hybridized carbons (Fsp3) is 0.438. The van der Waals surface area contributed by atoms with Gasteiger partial charge >= 0.3 is 0 Å². The third-order valence-electron chi connectivity index (χ3n) is 4.06. The van der Waals surface area contributed by atoms with Gasteiger partial charge in [0.1, 0.15) is 5.69 Å². The summed E-state index contributed by atoms with van der Waals surface area (Å²) >= 11 is 0. The second-order valence-corrected chi connectivity index (χ2v) is 5.60. The molecular weight excluding hydrogens is 236 g/mol. The van der Waals surface area contributed by atoms with Gasteiger partial charge in [0.25, 0.3) is 5.91 Å². The van der Waals surface area contributed by atoms with Gasteiger partial charge in [0.05, 0.1) is 0 Å². The van der Waals surface area contributed by atoms with Crippen LogP contribution in [-0.2, 0) is 0 Å². The van der Waals surface area contributed by atoms with Gasteiger partial charge in [-0.1, -0.05) is 25.1 Å². The first-order chi connectivity index (χ1) is 9.24. The number of hydrogen-bond acceptors (Lipinski definition) is 1. The minimum absolute atomic E-state index is 0.144. The third kappa shape index (κ3) is 2.50. The molecule has 1 aliphatic rings. The Morgan fingerprint density at radius 2 is 2.11 bits per heavy atom. The van der Waals surface area contributed by atoms with E-state index in [4.69, 9.17) is 0 Å². The number of nitrogens with zero attached hydrogens (tertiary/aromatic N) is 1. The lowest BCUT2D eigenvalue weighted by atomic mass is 10.0. The molecule has 1 atom stereocenters. The van der Waals surface area contributed by atoms with Crippen LogP contribution < -0.4 is 0 Å². The molecule has 0 aliphatic carbocycles. The summed E-state index contributed by atoms with van der Waals surface area (Å²) in [6.45, 7) is 4.05. The zero-order chi connectivity index (χ0) is 13.2. The summed E-state index contributed by atoms with van der Waals surface area (Å²) in [5.74, 6) is 0.880. The fourth-order valence-corrected chi connectivity index (χ4v) is 2.82. The van der Waals surface area contributed by atoms with Crippen LogP contribution in [0.15, 0.2) is 30.3 Å². The zero-order valence-electron chi connectivity index (χ0n) is 11.4. The van der Waals surface area contributed by atoms with Crippen molar-refractivity contribution in [2.24, 2.45) is 5.92 Å². The highest BCUT2D eigenvalue weighted by Gasteiger charge is 2.20. The quantitative estimate of drug-likeness (QED) is 0.833. The maximum absolute atomic E-state index is 12.5. The molecule has 19 heavy (non-hydrogen) atoms. The van der Waals surface area contributed by atoms with E-state index in [0.29, 0.717) is 0 Å². The van der Waals surface area contributed by atoms with Gasteiger partial charge in [0, 0.05) is 24.0 Å². The van der Waals surface area contributed by atoms with E-state index >= 15 is 0 Å². The number of rotatable bonds is 1. The summed E-state index contributed by atoms with van der Waals surface area (Å²) in [4.78, 5) is 17.8. The fourth-order valence-electron chi connectivity index (χ4n) is 2.82. The molecule has 1 aromatic heterocycles. The van der Waals surface area contributed by atoms with Crippen molar-refractivity contribution in [3.8, 4) is 0 Å². The highest BCUT2D eigenvalue weighted by Crippen LogP contribution is 2.20. The van der Waals surface area contributed by atoms with Crippen LogP contribution in [0.25, 0.3) is 10.9 Å². The molecule has 1 aliphatic heterocycles. The molecule has 1 unspecified atom stereocenters. The van der Waals surface area contributed by atoms with E-state index in [1.54, 1.807) is 0 Å². The molecule has 2 aromatic rings. The number of nitrogens with one attached hydrogen (secondary N) is 1. The summed E-state index contributed by atoms with van der Waals surface area (Å²) in [5, 5.41) is 1.11. The van der Waals surface area contributed by atoms with Crippen molar-refractivity contribution < 1.29 is 4.79 Å². The Hall–Kier alpha value is -1.77. The SMILES string of the molecule is CC1CCCN(C(=O)c2cc3ccccc3[nH]2)CC1. The minimum Gasteiger partial charge on any atom is -0.351 e. The number of likely N-dealkylation sites (tertiary alicyclic amines) is 1. The molecule has 1 amide bonds. The van der Waals surface area contributed by atoms with Crippen LogP contribution in [0.5, 0.6) is 0 Å². The van der Waals surface area contributed by atoms with Crippen molar-refractivity contribution in [2.75, 3.05) is 13.1 Å². The van der Waals surface area contributed by atoms with Crippen molar-refractivity contribution in [1.29, 1.82) is 0 Å². The first kappa shape index (κ1) is 12.3. The van der Waals surface area contributed by atoms with E-state index in [2.05, 4.69) is 11.9 Å². The van der Waals surface area contributed by atoms with Gasteiger partial charge < -0.3 is 9.88 Å². The molecule has 3 rings (SSSR count). The van der Waals surface area contributed by atoms with Gasteiger partial charge in [-0.3, -0.25) is 4.79 Å².